The van der Waals surface area contributed by atoms with Crippen molar-refractivity contribution in [3.05, 3.63) is 39.8 Å². The van der Waals surface area contributed by atoms with Crippen molar-refractivity contribution in [3.63, 3.8) is 0 Å². The van der Waals surface area contributed by atoms with Crippen molar-refractivity contribution in [3.8, 4) is 0 Å². The van der Waals surface area contributed by atoms with Crippen molar-refractivity contribution >= 4 is 40.6 Å². The number of hydrogen-bond donors (Lipinski definition) is 2. The maximum absolute atomic E-state index is 12.3. The molecule has 168 valence electrons. The van der Waals surface area contributed by atoms with E-state index in [9.17, 15) is 9.59 Å². The van der Waals surface area contributed by atoms with E-state index in [0.717, 1.165) is 55.5 Å². The van der Waals surface area contributed by atoms with Crippen LogP contribution in [0.15, 0.2) is 24.3 Å². The summed E-state index contributed by atoms with van der Waals surface area (Å²) in [7, 11) is 0. The summed E-state index contributed by atoms with van der Waals surface area (Å²) >= 11 is 2.73. The third-order valence-corrected chi connectivity index (χ3v) is 7.14. The number of nitrogens with zero attached hydrogens (tertiary/aromatic N) is 4. The molecule has 1 aliphatic rings. The zero-order chi connectivity index (χ0) is 22.1. The summed E-state index contributed by atoms with van der Waals surface area (Å²) in [6.45, 7) is 11.2. The van der Waals surface area contributed by atoms with Crippen molar-refractivity contribution in [2.24, 2.45) is 0 Å². The smallest absolute Gasteiger partial charge is 0.286 e. The predicted molar refractivity (Wildman–Crippen MR) is 127 cm³/mol. The van der Waals surface area contributed by atoms with Gasteiger partial charge in [-0.15, -0.1) is 22.0 Å². The average Bonchev–Trinajstić information content (AvgIpc) is 3.25. The Balaban J connectivity index is 1.31. The first kappa shape index (κ1) is 23.6. The van der Waals surface area contributed by atoms with Gasteiger partial charge in [0.05, 0.1) is 5.75 Å². The summed E-state index contributed by atoms with van der Waals surface area (Å²) < 4.78 is 0. The molecule has 3 rings (SSSR count). The van der Waals surface area contributed by atoms with Crippen LogP contribution in [0.25, 0.3) is 0 Å². The van der Waals surface area contributed by atoms with E-state index in [1.807, 2.05) is 31.2 Å². The normalized spacial score (nSPS) is 15.0. The Morgan fingerprint density at radius 2 is 1.81 bits per heavy atom. The van der Waals surface area contributed by atoms with Gasteiger partial charge in [-0.2, -0.15) is 0 Å². The first-order valence-corrected chi connectivity index (χ1v) is 12.5. The van der Waals surface area contributed by atoms with E-state index in [0.29, 0.717) is 23.1 Å². The Kier molecular flexibility index (Phi) is 9.26. The summed E-state index contributed by atoms with van der Waals surface area (Å²) in [5.41, 5.74) is 1.86. The molecule has 1 aliphatic heterocycles. The molecule has 0 spiro atoms. The van der Waals surface area contributed by atoms with Gasteiger partial charge in [-0.05, 0) is 25.6 Å². The number of carbonyl (C=O) groups is 2. The molecule has 1 aromatic heterocycles. The van der Waals surface area contributed by atoms with Crippen LogP contribution in [0.1, 0.15) is 27.3 Å². The lowest BCUT2D eigenvalue weighted by Crippen LogP contribution is -2.48. The minimum absolute atomic E-state index is 0.0269. The second kappa shape index (κ2) is 12.1. The molecule has 0 atom stereocenters. The topological polar surface area (TPSA) is 90.5 Å². The zero-order valence-electron chi connectivity index (χ0n) is 18.1. The molecule has 1 saturated heterocycles. The van der Waals surface area contributed by atoms with Crippen LogP contribution >= 0.6 is 23.1 Å². The molecule has 2 amide bonds. The fraction of sp³-hybridized carbons (Fsp3) is 0.524. The van der Waals surface area contributed by atoms with Gasteiger partial charge in [0.15, 0.2) is 0 Å². The molecule has 0 saturated carbocycles. The molecule has 31 heavy (non-hydrogen) atoms. The molecule has 2 aromatic rings. The van der Waals surface area contributed by atoms with Crippen LogP contribution in [0.4, 0.5) is 5.69 Å². The fourth-order valence-electron chi connectivity index (χ4n) is 3.19. The maximum atomic E-state index is 12.3. The molecule has 8 nitrogen and oxygen atoms in total. The number of hydrogen-bond acceptors (Lipinski definition) is 8. The molecule has 10 heteroatoms. The number of aryl methyl sites for hydroxylation is 1. The number of nitrogens with one attached hydrogen (secondary N) is 2. The fourth-order valence-corrected chi connectivity index (χ4v) is 4.83. The Morgan fingerprint density at radius 1 is 1.10 bits per heavy atom. The van der Waals surface area contributed by atoms with Crippen LogP contribution < -0.4 is 10.6 Å². The van der Waals surface area contributed by atoms with Crippen LogP contribution in [0.2, 0.25) is 0 Å². The molecule has 2 heterocycles. The number of piperazine rings is 1. The lowest BCUT2D eigenvalue weighted by molar-refractivity contribution is -0.118. The van der Waals surface area contributed by atoms with Crippen LogP contribution in [0, 0.1) is 6.92 Å². The van der Waals surface area contributed by atoms with Gasteiger partial charge in [-0.25, -0.2) is 0 Å². The number of rotatable bonds is 10. The molecular formula is C21H30N6O2S2. The highest BCUT2D eigenvalue weighted by atomic mass is 32.2. The monoisotopic (exact) mass is 462 g/mol. The predicted octanol–water partition coefficient (Wildman–Crippen LogP) is 2.09. The average molecular weight is 463 g/mol. The molecule has 0 radical (unpaired) electrons. The van der Waals surface area contributed by atoms with E-state index in [-0.39, 0.29) is 11.8 Å². The quantitative estimate of drug-likeness (QED) is 0.559. The summed E-state index contributed by atoms with van der Waals surface area (Å²) in [5.74, 6) is 0.685. The lowest BCUT2D eigenvalue weighted by Gasteiger charge is -2.33. The van der Waals surface area contributed by atoms with E-state index in [1.54, 1.807) is 0 Å². The van der Waals surface area contributed by atoms with E-state index in [1.165, 1.54) is 23.1 Å². The Hall–Kier alpha value is -2.01. The van der Waals surface area contributed by atoms with Gasteiger partial charge in [0.25, 0.3) is 5.91 Å². The number of benzene rings is 1. The standard InChI is InChI=1S/C21H30N6O2S2/c1-3-26-10-12-27(13-11-26)9-8-22-18(28)14-30-15-19-24-25-21(31-19)20(29)23-17-6-4-16(2)5-7-17/h4-7H,3,8-15H2,1-2H3,(H,22,28)(H,23,29). The van der Waals surface area contributed by atoms with Crippen LogP contribution in [-0.2, 0) is 10.5 Å². The van der Waals surface area contributed by atoms with Crippen molar-refractivity contribution in [2.45, 2.75) is 19.6 Å². The second-order valence-electron chi connectivity index (χ2n) is 7.44. The van der Waals surface area contributed by atoms with E-state index >= 15 is 0 Å². The van der Waals surface area contributed by atoms with Crippen LogP contribution in [0.5, 0.6) is 0 Å². The number of thioether (sulfide) groups is 1. The largest absolute Gasteiger partial charge is 0.354 e. The number of amides is 2. The molecular weight excluding hydrogens is 432 g/mol. The second-order valence-corrected chi connectivity index (χ2v) is 9.49. The Morgan fingerprint density at radius 3 is 2.52 bits per heavy atom. The van der Waals surface area contributed by atoms with Crippen molar-refractivity contribution < 1.29 is 9.59 Å². The highest BCUT2D eigenvalue weighted by Gasteiger charge is 2.16. The molecule has 2 N–H and O–H groups in total. The van der Waals surface area contributed by atoms with Gasteiger partial charge >= 0.3 is 0 Å². The summed E-state index contributed by atoms with van der Waals surface area (Å²) in [6, 6.07) is 7.59. The van der Waals surface area contributed by atoms with Gasteiger partial charge in [0, 0.05) is 50.7 Å². The van der Waals surface area contributed by atoms with Gasteiger partial charge < -0.3 is 15.5 Å². The van der Waals surface area contributed by atoms with Crippen LogP contribution in [0.3, 0.4) is 0 Å². The van der Waals surface area contributed by atoms with E-state index < -0.39 is 0 Å². The van der Waals surface area contributed by atoms with Crippen molar-refractivity contribution in [1.29, 1.82) is 0 Å². The summed E-state index contributed by atoms with van der Waals surface area (Å²) in [6.07, 6.45) is 0. The van der Waals surface area contributed by atoms with Gasteiger partial charge in [-0.3, -0.25) is 14.5 Å². The zero-order valence-corrected chi connectivity index (χ0v) is 19.7. The summed E-state index contributed by atoms with van der Waals surface area (Å²) in [5, 5.41) is 14.9. The van der Waals surface area contributed by atoms with Crippen LogP contribution in [-0.4, -0.2) is 83.4 Å². The molecule has 0 bridgehead atoms. The Labute approximate surface area is 191 Å². The number of aromatic nitrogens is 2. The van der Waals surface area contributed by atoms with E-state index in [4.69, 9.17) is 0 Å². The van der Waals surface area contributed by atoms with Crippen molar-refractivity contribution in [2.75, 3.05) is 56.9 Å². The molecule has 1 fully saturated rings. The SMILES string of the molecule is CCN1CCN(CCNC(=O)CSCc2nnc(C(=O)Nc3ccc(C)cc3)s2)CC1. The number of likely N-dealkylation sites (N-methyl/N-ethyl adjacent to an activating group) is 1. The minimum atomic E-state index is -0.268. The van der Waals surface area contributed by atoms with Gasteiger partial charge in [-0.1, -0.05) is 36.0 Å². The summed E-state index contributed by atoms with van der Waals surface area (Å²) in [4.78, 5) is 29.2. The first-order valence-electron chi connectivity index (χ1n) is 10.5. The Bertz CT molecular complexity index is 850. The van der Waals surface area contributed by atoms with Gasteiger partial charge in [0.1, 0.15) is 5.01 Å². The third kappa shape index (κ3) is 7.88. The first-order chi connectivity index (χ1) is 15.0. The lowest BCUT2D eigenvalue weighted by atomic mass is 10.2. The van der Waals surface area contributed by atoms with Gasteiger partial charge in [0.2, 0.25) is 10.9 Å². The molecule has 0 unspecified atom stereocenters. The highest BCUT2D eigenvalue weighted by Crippen LogP contribution is 2.18. The third-order valence-electron chi connectivity index (χ3n) is 5.09. The van der Waals surface area contributed by atoms with Crippen molar-refractivity contribution in [1.82, 2.24) is 25.3 Å². The van der Waals surface area contributed by atoms with E-state index in [2.05, 4.69) is 37.6 Å². The number of carbonyl (C=O) groups excluding carboxylic acids is 2. The molecule has 1 aromatic carbocycles. The maximum Gasteiger partial charge on any atom is 0.286 e. The molecule has 0 aliphatic carbocycles. The minimum Gasteiger partial charge on any atom is -0.354 e. The number of anilines is 1. The highest BCUT2D eigenvalue weighted by molar-refractivity contribution is 7.99.